The van der Waals surface area contributed by atoms with Crippen molar-refractivity contribution in [3.05, 3.63) is 11.1 Å². The Kier molecular flexibility index (Phi) is 2.64. The number of hydrogen-bond acceptors (Lipinski definition) is 3. The monoisotopic (exact) mass is 198 g/mol. The lowest BCUT2D eigenvalue weighted by Gasteiger charge is -2.44. The fraction of sp³-hybridized carbons (Fsp3) is 0.818. The molecule has 0 radical (unpaired) electrons. The molecule has 3 nitrogen and oxygen atoms in total. The molecule has 1 saturated heterocycles. The van der Waals surface area contributed by atoms with Crippen molar-refractivity contribution in [2.24, 2.45) is 0 Å². The van der Waals surface area contributed by atoms with E-state index in [0.29, 0.717) is 13.2 Å². The highest BCUT2D eigenvalue weighted by Crippen LogP contribution is 2.46. The second kappa shape index (κ2) is 3.65. The standard InChI is InChI=1S/C11H18O3/c1-3-4-5-9-8(2)11(10(9)12)13-6-7-14-11/h10,12H,3-7H2,1-2H3. The minimum atomic E-state index is -0.761. The van der Waals surface area contributed by atoms with Crippen molar-refractivity contribution in [1.82, 2.24) is 0 Å². The molecule has 1 aliphatic heterocycles. The number of aliphatic hydroxyl groups excluding tert-OH is 1. The van der Waals surface area contributed by atoms with E-state index in [1.54, 1.807) is 0 Å². The molecule has 0 aromatic heterocycles. The smallest absolute Gasteiger partial charge is 0.221 e. The van der Waals surface area contributed by atoms with Gasteiger partial charge in [-0.05, 0) is 30.9 Å². The SMILES string of the molecule is CCCCC1=C(C)C2(OCCO2)C1O. The average Bonchev–Trinajstić information content (AvgIpc) is 2.69. The van der Waals surface area contributed by atoms with Crippen molar-refractivity contribution in [1.29, 1.82) is 0 Å². The second-order valence-corrected chi connectivity index (χ2v) is 4.02. The van der Waals surface area contributed by atoms with Crippen LogP contribution in [0.5, 0.6) is 0 Å². The fourth-order valence-electron chi connectivity index (χ4n) is 2.28. The largest absolute Gasteiger partial charge is 0.383 e. The number of hydrogen-bond donors (Lipinski definition) is 1. The Morgan fingerprint density at radius 2 is 2.07 bits per heavy atom. The van der Waals surface area contributed by atoms with Gasteiger partial charge in [-0.3, -0.25) is 0 Å². The number of ether oxygens (including phenoxy) is 2. The first-order valence-corrected chi connectivity index (χ1v) is 5.38. The number of unbranched alkanes of at least 4 members (excludes halogenated alkanes) is 1. The maximum atomic E-state index is 9.95. The molecular weight excluding hydrogens is 180 g/mol. The summed E-state index contributed by atoms with van der Waals surface area (Å²) >= 11 is 0. The summed E-state index contributed by atoms with van der Waals surface area (Å²) in [6, 6.07) is 0. The fourth-order valence-corrected chi connectivity index (χ4v) is 2.28. The summed E-state index contributed by atoms with van der Waals surface area (Å²) in [5, 5.41) is 9.95. The molecular formula is C11H18O3. The van der Waals surface area contributed by atoms with E-state index in [1.165, 1.54) is 0 Å². The van der Waals surface area contributed by atoms with Crippen LogP contribution < -0.4 is 0 Å². The molecule has 2 rings (SSSR count). The number of aliphatic hydroxyl groups is 1. The van der Waals surface area contributed by atoms with Crippen molar-refractivity contribution >= 4 is 0 Å². The normalized spacial score (nSPS) is 29.8. The van der Waals surface area contributed by atoms with Gasteiger partial charge in [-0.25, -0.2) is 0 Å². The lowest BCUT2D eigenvalue weighted by atomic mass is 9.77. The zero-order valence-corrected chi connectivity index (χ0v) is 8.88. The Balaban J connectivity index is 2.08. The van der Waals surface area contributed by atoms with Crippen LogP contribution in [0.25, 0.3) is 0 Å². The minimum Gasteiger partial charge on any atom is -0.383 e. The van der Waals surface area contributed by atoms with Crippen molar-refractivity contribution < 1.29 is 14.6 Å². The molecule has 1 N–H and O–H groups in total. The van der Waals surface area contributed by atoms with Gasteiger partial charge in [-0.2, -0.15) is 0 Å². The van der Waals surface area contributed by atoms with Crippen molar-refractivity contribution in [3.8, 4) is 0 Å². The van der Waals surface area contributed by atoms with Crippen LogP contribution in [0.2, 0.25) is 0 Å². The molecule has 0 amide bonds. The molecule has 1 fully saturated rings. The molecule has 0 aromatic rings. The van der Waals surface area contributed by atoms with E-state index < -0.39 is 11.9 Å². The summed E-state index contributed by atoms with van der Waals surface area (Å²) < 4.78 is 11.0. The van der Waals surface area contributed by atoms with Gasteiger partial charge in [0.05, 0.1) is 13.2 Å². The van der Waals surface area contributed by atoms with E-state index in [2.05, 4.69) is 6.92 Å². The third-order valence-corrected chi connectivity index (χ3v) is 3.21. The van der Waals surface area contributed by atoms with Crippen LogP contribution in [0.1, 0.15) is 33.1 Å². The van der Waals surface area contributed by atoms with Crippen LogP contribution in [0.3, 0.4) is 0 Å². The first-order chi connectivity index (χ1) is 6.72. The lowest BCUT2D eigenvalue weighted by Crippen LogP contribution is -2.54. The Hall–Kier alpha value is -0.380. The maximum Gasteiger partial charge on any atom is 0.221 e. The van der Waals surface area contributed by atoms with Crippen LogP contribution in [-0.4, -0.2) is 30.2 Å². The van der Waals surface area contributed by atoms with Crippen LogP contribution in [0.4, 0.5) is 0 Å². The summed E-state index contributed by atoms with van der Waals surface area (Å²) in [6.07, 6.45) is 2.72. The highest BCUT2D eigenvalue weighted by atomic mass is 16.7. The van der Waals surface area contributed by atoms with Gasteiger partial charge in [-0.15, -0.1) is 0 Å². The molecule has 80 valence electrons. The van der Waals surface area contributed by atoms with Gasteiger partial charge < -0.3 is 14.6 Å². The molecule has 14 heavy (non-hydrogen) atoms. The molecule has 3 heteroatoms. The molecule has 1 aliphatic carbocycles. The highest BCUT2D eigenvalue weighted by molar-refractivity contribution is 5.39. The average molecular weight is 198 g/mol. The Morgan fingerprint density at radius 1 is 1.43 bits per heavy atom. The van der Waals surface area contributed by atoms with E-state index in [-0.39, 0.29) is 0 Å². The topological polar surface area (TPSA) is 38.7 Å². The summed E-state index contributed by atoms with van der Waals surface area (Å²) in [5.41, 5.74) is 2.21. The first-order valence-electron chi connectivity index (χ1n) is 5.38. The van der Waals surface area contributed by atoms with E-state index in [9.17, 15) is 5.11 Å². The van der Waals surface area contributed by atoms with E-state index in [0.717, 1.165) is 30.4 Å². The van der Waals surface area contributed by atoms with E-state index in [4.69, 9.17) is 9.47 Å². The van der Waals surface area contributed by atoms with Crippen molar-refractivity contribution in [3.63, 3.8) is 0 Å². The molecule has 1 unspecified atom stereocenters. The van der Waals surface area contributed by atoms with E-state index >= 15 is 0 Å². The van der Waals surface area contributed by atoms with Crippen LogP contribution in [0.15, 0.2) is 11.1 Å². The third kappa shape index (κ3) is 1.23. The third-order valence-electron chi connectivity index (χ3n) is 3.21. The van der Waals surface area contributed by atoms with Gasteiger partial charge in [0.2, 0.25) is 5.79 Å². The van der Waals surface area contributed by atoms with Gasteiger partial charge in [0.1, 0.15) is 6.10 Å². The Bertz CT molecular complexity index is 251. The minimum absolute atomic E-state index is 0.531. The summed E-state index contributed by atoms with van der Waals surface area (Å²) in [6.45, 7) is 5.34. The zero-order valence-electron chi connectivity index (χ0n) is 8.88. The van der Waals surface area contributed by atoms with E-state index in [1.807, 2.05) is 6.92 Å². The van der Waals surface area contributed by atoms with Gasteiger partial charge in [-0.1, -0.05) is 13.3 Å². The molecule has 0 bridgehead atoms. The van der Waals surface area contributed by atoms with Gasteiger partial charge in [0.15, 0.2) is 0 Å². The highest BCUT2D eigenvalue weighted by Gasteiger charge is 2.55. The van der Waals surface area contributed by atoms with Crippen LogP contribution >= 0.6 is 0 Å². The van der Waals surface area contributed by atoms with Crippen LogP contribution in [0, 0.1) is 0 Å². The zero-order chi connectivity index (χ0) is 10.2. The Labute approximate surface area is 84.7 Å². The van der Waals surface area contributed by atoms with Crippen molar-refractivity contribution in [2.45, 2.75) is 45.0 Å². The molecule has 0 saturated carbocycles. The molecule has 1 atom stereocenters. The molecule has 2 aliphatic rings. The van der Waals surface area contributed by atoms with Gasteiger partial charge in [0, 0.05) is 0 Å². The van der Waals surface area contributed by atoms with Crippen LogP contribution in [-0.2, 0) is 9.47 Å². The molecule has 0 aromatic carbocycles. The summed E-state index contributed by atoms with van der Waals surface area (Å²) in [4.78, 5) is 0. The van der Waals surface area contributed by atoms with Crippen molar-refractivity contribution in [2.75, 3.05) is 13.2 Å². The maximum absolute atomic E-state index is 9.95. The molecule has 1 spiro atoms. The predicted octanol–water partition coefficient (Wildman–Crippen LogP) is 1.61. The number of rotatable bonds is 3. The second-order valence-electron chi connectivity index (χ2n) is 4.02. The summed E-state index contributed by atoms with van der Waals surface area (Å²) in [5.74, 6) is -0.761. The molecule has 1 heterocycles. The van der Waals surface area contributed by atoms with Gasteiger partial charge in [0.25, 0.3) is 0 Å². The lowest BCUT2D eigenvalue weighted by molar-refractivity contribution is -0.203. The van der Waals surface area contributed by atoms with Gasteiger partial charge >= 0.3 is 0 Å². The first kappa shape index (κ1) is 10.1. The predicted molar refractivity (Wildman–Crippen MR) is 52.9 cm³/mol. The Morgan fingerprint density at radius 3 is 2.57 bits per heavy atom. The quantitative estimate of drug-likeness (QED) is 0.700. The summed E-state index contributed by atoms with van der Waals surface area (Å²) in [7, 11) is 0.